The predicted octanol–water partition coefficient (Wildman–Crippen LogP) is 13.6. The Labute approximate surface area is 370 Å². The molecule has 0 saturated carbocycles. The van der Waals surface area contributed by atoms with Gasteiger partial charge in [-0.05, 0) is 60.2 Å². The van der Waals surface area contributed by atoms with Crippen LogP contribution < -0.4 is 0 Å². The fourth-order valence-corrected chi connectivity index (χ4v) is 8.89. The van der Waals surface area contributed by atoms with Gasteiger partial charge in [0.1, 0.15) is 12.2 Å². The minimum atomic E-state index is -4.58. The summed E-state index contributed by atoms with van der Waals surface area (Å²) in [6.07, 6.45) is 23.0. The SMILES string of the molecule is COP(=O)(O)OC[C@H](O)COP(=O)(O)OC[C@@H](COCC[C@@H](C)CCCC(C)CCCC(C)CCCC(C)C)OCC[C@@H](C)CCC[C@H](C)CCC[C@@H](C)CCCC(C)C. The zero-order valence-electron chi connectivity index (χ0n) is 40.7. The molecule has 0 aromatic rings. The summed E-state index contributed by atoms with van der Waals surface area (Å²) in [5.41, 5.74) is 0. The topological polar surface area (TPSA) is 150 Å². The Hall–Kier alpha value is 0.1000. The van der Waals surface area contributed by atoms with Gasteiger partial charge >= 0.3 is 15.6 Å². The molecule has 0 spiro atoms. The summed E-state index contributed by atoms with van der Waals surface area (Å²) in [6, 6.07) is 0. The van der Waals surface area contributed by atoms with E-state index in [1.165, 1.54) is 109 Å². The predicted molar refractivity (Wildman–Crippen MR) is 248 cm³/mol. The third-order valence-corrected chi connectivity index (χ3v) is 14.0. The van der Waals surface area contributed by atoms with Crippen molar-refractivity contribution in [3.05, 3.63) is 0 Å². The molecular weight excluding hydrogens is 802 g/mol. The molecule has 0 rings (SSSR count). The van der Waals surface area contributed by atoms with Gasteiger partial charge in [0.05, 0.1) is 26.4 Å². The summed E-state index contributed by atoms with van der Waals surface area (Å²) < 4.78 is 55.4. The van der Waals surface area contributed by atoms with Crippen molar-refractivity contribution in [1.82, 2.24) is 0 Å². The van der Waals surface area contributed by atoms with Crippen LogP contribution in [-0.4, -0.2) is 73.9 Å². The largest absolute Gasteiger partial charge is 0.472 e. The summed E-state index contributed by atoms with van der Waals surface area (Å²) in [5, 5.41) is 9.99. The van der Waals surface area contributed by atoms with Crippen molar-refractivity contribution in [2.75, 3.05) is 46.8 Å². The molecule has 0 amide bonds. The molecule has 0 bridgehead atoms. The van der Waals surface area contributed by atoms with E-state index in [1.807, 2.05) is 0 Å². The minimum Gasteiger partial charge on any atom is -0.388 e. The van der Waals surface area contributed by atoms with Crippen molar-refractivity contribution in [2.24, 2.45) is 47.3 Å². The normalized spacial score (nSPS) is 18.5. The summed E-state index contributed by atoms with van der Waals surface area (Å²) in [4.78, 5) is 19.6. The molecule has 11 nitrogen and oxygen atoms in total. The van der Waals surface area contributed by atoms with Crippen LogP contribution in [0.4, 0.5) is 0 Å². The van der Waals surface area contributed by atoms with E-state index in [9.17, 15) is 24.0 Å². The standard InChI is InChI=1S/C47H98O11P2/c1-38(2)18-12-20-40(5)22-14-24-42(7)26-16-28-44(9)30-32-54-36-47(37-58-60(51,52)57-35-46(48)34-56-59(49,50)53-11)55-33-31-45(10)29-17-27-43(8)25-15-23-41(6)21-13-19-39(3)4/h38-48H,12-37H2,1-11H3,(H,49,50)(H,51,52)/t40?,41-,42?,43+,44-,45-,46-,47+/m0/s1. The van der Waals surface area contributed by atoms with Crippen LogP contribution in [-0.2, 0) is 36.7 Å². The van der Waals surface area contributed by atoms with E-state index in [0.29, 0.717) is 25.0 Å². The monoisotopic (exact) mass is 901 g/mol. The Bertz CT molecular complexity index is 1080. The maximum Gasteiger partial charge on any atom is 0.472 e. The first-order valence-corrected chi connectivity index (χ1v) is 27.2. The highest BCUT2D eigenvalue weighted by Crippen LogP contribution is 2.44. The van der Waals surface area contributed by atoms with Gasteiger partial charge in [-0.2, -0.15) is 0 Å². The van der Waals surface area contributed by atoms with Crippen LogP contribution >= 0.6 is 15.6 Å². The van der Waals surface area contributed by atoms with Crippen molar-refractivity contribution >= 4 is 15.6 Å². The minimum absolute atomic E-state index is 0.209. The van der Waals surface area contributed by atoms with Gasteiger partial charge in [-0.25, -0.2) is 9.13 Å². The first-order valence-electron chi connectivity index (χ1n) is 24.3. The van der Waals surface area contributed by atoms with E-state index in [1.54, 1.807) is 0 Å². The van der Waals surface area contributed by atoms with Crippen LogP contribution in [0.5, 0.6) is 0 Å². The lowest BCUT2D eigenvalue weighted by Gasteiger charge is -2.22. The van der Waals surface area contributed by atoms with Crippen molar-refractivity contribution in [3.8, 4) is 0 Å². The summed E-state index contributed by atoms with van der Waals surface area (Å²) >= 11 is 0. The summed E-state index contributed by atoms with van der Waals surface area (Å²) in [6.45, 7) is 23.1. The highest BCUT2D eigenvalue weighted by Gasteiger charge is 2.27. The Kier molecular flexibility index (Phi) is 36.4. The molecule has 0 fully saturated rings. The molecule has 0 aliphatic rings. The van der Waals surface area contributed by atoms with Crippen LogP contribution in [0.1, 0.15) is 198 Å². The first kappa shape index (κ1) is 60.1. The molecule has 0 aromatic heterocycles. The molecule has 0 heterocycles. The Morgan fingerprint density at radius 1 is 0.417 bits per heavy atom. The third-order valence-electron chi connectivity index (χ3n) is 12.1. The highest BCUT2D eigenvalue weighted by atomic mass is 31.2. The third kappa shape index (κ3) is 38.5. The van der Waals surface area contributed by atoms with Gasteiger partial charge in [-0.15, -0.1) is 0 Å². The smallest absolute Gasteiger partial charge is 0.388 e. The van der Waals surface area contributed by atoms with Gasteiger partial charge in [0, 0.05) is 20.3 Å². The Balaban J connectivity index is 4.73. The fraction of sp³-hybridized carbons (Fsp3) is 1.00. The fourth-order valence-electron chi connectivity index (χ4n) is 7.63. The number of phosphoric acid groups is 2. The summed E-state index contributed by atoms with van der Waals surface area (Å²) in [5.74, 6) is 5.77. The lowest BCUT2D eigenvalue weighted by molar-refractivity contribution is -0.0492. The van der Waals surface area contributed by atoms with Crippen LogP contribution in [0.3, 0.4) is 0 Å². The molecule has 10 atom stereocenters. The van der Waals surface area contributed by atoms with Crippen molar-refractivity contribution in [2.45, 2.75) is 210 Å². The van der Waals surface area contributed by atoms with Crippen LogP contribution in [0.15, 0.2) is 0 Å². The number of hydrogen-bond donors (Lipinski definition) is 3. The number of phosphoric ester groups is 2. The van der Waals surface area contributed by atoms with Gasteiger partial charge in [0.25, 0.3) is 0 Å². The maximum atomic E-state index is 12.6. The van der Waals surface area contributed by atoms with Crippen LogP contribution in [0.25, 0.3) is 0 Å². The molecule has 13 heteroatoms. The average molecular weight is 901 g/mol. The van der Waals surface area contributed by atoms with Crippen LogP contribution in [0.2, 0.25) is 0 Å². The van der Waals surface area contributed by atoms with E-state index < -0.39 is 41.1 Å². The molecule has 3 N–H and O–H groups in total. The molecule has 60 heavy (non-hydrogen) atoms. The van der Waals surface area contributed by atoms with E-state index >= 15 is 0 Å². The summed E-state index contributed by atoms with van der Waals surface area (Å²) in [7, 11) is -7.90. The molecule has 0 aliphatic heterocycles. The molecule has 0 aromatic carbocycles. The molecule has 0 radical (unpaired) electrons. The van der Waals surface area contributed by atoms with Crippen LogP contribution in [0, 0.1) is 47.3 Å². The quantitative estimate of drug-likeness (QED) is 0.0396. The van der Waals surface area contributed by atoms with Crippen molar-refractivity contribution < 1.29 is 51.6 Å². The number of aliphatic hydroxyl groups is 1. The van der Waals surface area contributed by atoms with E-state index in [-0.39, 0.29) is 13.2 Å². The average Bonchev–Trinajstić information content (AvgIpc) is 3.16. The van der Waals surface area contributed by atoms with Crippen molar-refractivity contribution in [1.29, 1.82) is 0 Å². The second-order valence-corrected chi connectivity index (χ2v) is 22.8. The Morgan fingerprint density at radius 2 is 0.733 bits per heavy atom. The molecular formula is C47H98O11P2. The van der Waals surface area contributed by atoms with Gasteiger partial charge in [-0.3, -0.25) is 18.1 Å². The van der Waals surface area contributed by atoms with Gasteiger partial charge in [-0.1, -0.05) is 185 Å². The zero-order chi connectivity index (χ0) is 45.4. The van der Waals surface area contributed by atoms with Crippen molar-refractivity contribution in [3.63, 3.8) is 0 Å². The second kappa shape index (κ2) is 36.3. The molecule has 0 aliphatic carbocycles. The maximum absolute atomic E-state index is 12.6. The molecule has 0 saturated heterocycles. The number of hydrogen-bond acceptors (Lipinski definition) is 9. The van der Waals surface area contributed by atoms with E-state index in [2.05, 4.69) is 78.3 Å². The zero-order valence-corrected chi connectivity index (χ0v) is 42.4. The lowest BCUT2D eigenvalue weighted by atomic mass is 9.91. The number of ether oxygens (including phenoxy) is 2. The lowest BCUT2D eigenvalue weighted by Crippen LogP contribution is -2.27. The number of rotatable bonds is 43. The van der Waals surface area contributed by atoms with Gasteiger partial charge < -0.3 is 24.4 Å². The number of aliphatic hydroxyl groups excluding tert-OH is 1. The Morgan fingerprint density at radius 3 is 1.10 bits per heavy atom. The first-order chi connectivity index (χ1) is 28.2. The second-order valence-electron chi connectivity index (χ2n) is 19.8. The van der Waals surface area contributed by atoms with E-state index in [0.717, 1.165) is 61.9 Å². The highest BCUT2D eigenvalue weighted by molar-refractivity contribution is 7.47. The van der Waals surface area contributed by atoms with Gasteiger partial charge in [0.15, 0.2) is 0 Å². The van der Waals surface area contributed by atoms with Gasteiger partial charge in [0.2, 0.25) is 0 Å². The molecule has 362 valence electrons. The van der Waals surface area contributed by atoms with E-state index in [4.69, 9.17) is 18.5 Å². The molecule has 4 unspecified atom stereocenters.